The number of nitrogens with two attached hydrogens (primary N) is 2. The molecule has 0 saturated heterocycles. The number of hydrogen-bond donors (Lipinski definition) is 4. The molecule has 0 saturated carbocycles. The van der Waals surface area contributed by atoms with Crippen LogP contribution in [0, 0.1) is 22.7 Å². The standard InChI is InChI=1S/C17H20N6O4/c1-17(2,9-24)7-10(8-18)13(22-23-16(20)27)15(26)21-12-6-4-3-5-11(12)14(19)25/h3-6,9-10H,7H2,1-2H3,(H2,19,25)(H,21,26)(H3,20,23,27)/b22-13+. The summed E-state index contributed by atoms with van der Waals surface area (Å²) in [5.41, 5.74) is 11.0. The molecule has 10 heteroatoms. The highest BCUT2D eigenvalue weighted by atomic mass is 16.2. The number of rotatable bonds is 8. The molecule has 1 rings (SSSR count). The molecule has 0 heterocycles. The fourth-order valence-electron chi connectivity index (χ4n) is 2.17. The number of carbonyl (C=O) groups is 4. The third-order valence-corrected chi connectivity index (χ3v) is 3.50. The van der Waals surface area contributed by atoms with Gasteiger partial charge in [-0.3, -0.25) is 9.59 Å². The molecule has 0 spiro atoms. The van der Waals surface area contributed by atoms with E-state index < -0.39 is 29.2 Å². The molecule has 142 valence electrons. The summed E-state index contributed by atoms with van der Waals surface area (Å²) in [4.78, 5) is 46.2. The molecule has 6 N–H and O–H groups in total. The van der Waals surface area contributed by atoms with E-state index in [0.29, 0.717) is 6.29 Å². The lowest BCUT2D eigenvalue weighted by atomic mass is 9.82. The van der Waals surface area contributed by atoms with E-state index in [1.54, 1.807) is 26.0 Å². The summed E-state index contributed by atoms with van der Waals surface area (Å²) < 4.78 is 0. The van der Waals surface area contributed by atoms with Crippen molar-refractivity contribution in [3.63, 3.8) is 0 Å². The van der Waals surface area contributed by atoms with Crippen LogP contribution in [0.5, 0.6) is 0 Å². The number of amides is 4. The quantitative estimate of drug-likeness (QED) is 0.294. The maximum Gasteiger partial charge on any atom is 0.332 e. The largest absolute Gasteiger partial charge is 0.366 e. The number of aldehydes is 1. The number of carbonyl (C=O) groups excluding carboxylic acids is 4. The summed E-state index contributed by atoms with van der Waals surface area (Å²) in [6.45, 7) is 3.17. The highest BCUT2D eigenvalue weighted by Gasteiger charge is 2.31. The zero-order valence-corrected chi connectivity index (χ0v) is 14.9. The number of benzene rings is 1. The Morgan fingerprint density at radius 2 is 1.93 bits per heavy atom. The van der Waals surface area contributed by atoms with Crippen LogP contribution >= 0.6 is 0 Å². The van der Waals surface area contributed by atoms with E-state index in [1.807, 2.05) is 11.5 Å². The molecule has 10 nitrogen and oxygen atoms in total. The maximum atomic E-state index is 12.6. The predicted octanol–water partition coefficient (Wildman–Crippen LogP) is 0.503. The van der Waals surface area contributed by atoms with Crippen molar-refractivity contribution in [3.8, 4) is 6.07 Å². The highest BCUT2D eigenvalue weighted by molar-refractivity contribution is 6.44. The van der Waals surface area contributed by atoms with E-state index in [0.717, 1.165) is 0 Å². The SMILES string of the molecule is CC(C)(C=O)CC(C#N)/C(=N\NC(N)=O)C(=O)Nc1ccccc1C(N)=O. The zero-order chi connectivity index (χ0) is 20.6. The molecule has 4 amide bonds. The fraction of sp³-hybridized carbons (Fsp3) is 0.294. The van der Waals surface area contributed by atoms with Crippen molar-refractivity contribution in [2.24, 2.45) is 27.9 Å². The van der Waals surface area contributed by atoms with Crippen LogP contribution in [0.15, 0.2) is 29.4 Å². The van der Waals surface area contributed by atoms with Crippen molar-refractivity contribution in [2.45, 2.75) is 20.3 Å². The van der Waals surface area contributed by atoms with Gasteiger partial charge in [-0.2, -0.15) is 10.4 Å². The van der Waals surface area contributed by atoms with Gasteiger partial charge in [0.05, 0.1) is 23.2 Å². The molecule has 1 aromatic carbocycles. The number of anilines is 1. The first-order valence-corrected chi connectivity index (χ1v) is 7.80. The minimum atomic E-state index is -1.13. The lowest BCUT2D eigenvalue weighted by molar-refractivity contribution is -0.115. The van der Waals surface area contributed by atoms with Crippen molar-refractivity contribution < 1.29 is 19.2 Å². The number of primary amides is 2. The summed E-state index contributed by atoms with van der Waals surface area (Å²) in [5, 5.41) is 15.5. The van der Waals surface area contributed by atoms with Gasteiger partial charge in [-0.05, 0) is 18.6 Å². The predicted molar refractivity (Wildman–Crippen MR) is 97.3 cm³/mol. The number of nitriles is 1. The normalized spacial score (nSPS) is 12.4. The Kier molecular flexibility index (Phi) is 7.18. The summed E-state index contributed by atoms with van der Waals surface area (Å²) >= 11 is 0. The van der Waals surface area contributed by atoms with Gasteiger partial charge < -0.3 is 21.6 Å². The van der Waals surface area contributed by atoms with Crippen LogP contribution in [-0.2, 0) is 9.59 Å². The highest BCUT2D eigenvalue weighted by Crippen LogP contribution is 2.24. The van der Waals surface area contributed by atoms with Crippen LogP contribution in [0.3, 0.4) is 0 Å². The second-order valence-electron chi connectivity index (χ2n) is 6.33. The van der Waals surface area contributed by atoms with Crippen molar-refractivity contribution >= 4 is 35.5 Å². The average molecular weight is 372 g/mol. The van der Waals surface area contributed by atoms with Crippen LogP contribution < -0.4 is 22.2 Å². The second kappa shape index (κ2) is 9.10. The van der Waals surface area contributed by atoms with E-state index in [1.165, 1.54) is 12.1 Å². The van der Waals surface area contributed by atoms with Gasteiger partial charge in [0.25, 0.3) is 11.8 Å². The molecule has 1 unspecified atom stereocenters. The second-order valence-corrected chi connectivity index (χ2v) is 6.33. The van der Waals surface area contributed by atoms with Crippen molar-refractivity contribution in [1.29, 1.82) is 5.26 Å². The minimum absolute atomic E-state index is 0.0306. The van der Waals surface area contributed by atoms with Crippen LogP contribution in [0.2, 0.25) is 0 Å². The van der Waals surface area contributed by atoms with E-state index in [2.05, 4.69) is 10.4 Å². The van der Waals surface area contributed by atoms with Gasteiger partial charge in [0.15, 0.2) is 0 Å². The monoisotopic (exact) mass is 372 g/mol. The summed E-state index contributed by atoms with van der Waals surface area (Å²) in [6.07, 6.45) is 0.619. The Balaban J connectivity index is 3.24. The number of nitrogens with zero attached hydrogens (tertiary/aromatic N) is 2. The minimum Gasteiger partial charge on any atom is -0.366 e. The van der Waals surface area contributed by atoms with Crippen LogP contribution in [0.1, 0.15) is 30.6 Å². The Labute approximate surface area is 155 Å². The van der Waals surface area contributed by atoms with E-state index in [9.17, 15) is 24.4 Å². The molecule has 0 bridgehead atoms. The number of para-hydroxylation sites is 1. The van der Waals surface area contributed by atoms with Crippen molar-refractivity contribution in [1.82, 2.24) is 5.43 Å². The Morgan fingerprint density at radius 1 is 1.30 bits per heavy atom. The van der Waals surface area contributed by atoms with Crippen LogP contribution in [-0.4, -0.2) is 29.8 Å². The number of urea groups is 1. The first kappa shape index (κ1) is 21.3. The molecule has 0 radical (unpaired) electrons. The molecule has 0 aliphatic carbocycles. The Hall–Kier alpha value is -3.74. The molecule has 0 aliphatic rings. The van der Waals surface area contributed by atoms with Gasteiger partial charge in [0, 0.05) is 5.41 Å². The molecule has 27 heavy (non-hydrogen) atoms. The number of nitrogens with one attached hydrogen (secondary N) is 2. The van der Waals surface area contributed by atoms with E-state index >= 15 is 0 Å². The van der Waals surface area contributed by atoms with Gasteiger partial charge in [0.2, 0.25) is 0 Å². The Morgan fingerprint density at radius 3 is 2.44 bits per heavy atom. The molecular formula is C17H20N6O4. The Bertz CT molecular complexity index is 825. The van der Waals surface area contributed by atoms with Gasteiger partial charge >= 0.3 is 6.03 Å². The molecule has 0 fully saturated rings. The van der Waals surface area contributed by atoms with Crippen molar-refractivity contribution in [3.05, 3.63) is 29.8 Å². The van der Waals surface area contributed by atoms with E-state index in [4.69, 9.17) is 11.5 Å². The fourth-order valence-corrected chi connectivity index (χ4v) is 2.17. The van der Waals surface area contributed by atoms with Gasteiger partial charge in [-0.1, -0.05) is 26.0 Å². The first-order chi connectivity index (χ1) is 12.6. The van der Waals surface area contributed by atoms with Gasteiger partial charge in [0.1, 0.15) is 12.0 Å². The average Bonchev–Trinajstić information content (AvgIpc) is 2.60. The van der Waals surface area contributed by atoms with E-state index in [-0.39, 0.29) is 23.4 Å². The molecule has 1 atom stereocenters. The summed E-state index contributed by atoms with van der Waals surface area (Å²) in [6, 6.07) is 6.82. The van der Waals surface area contributed by atoms with Gasteiger partial charge in [-0.25, -0.2) is 10.2 Å². The van der Waals surface area contributed by atoms with Crippen LogP contribution in [0.25, 0.3) is 0 Å². The molecule has 0 aromatic heterocycles. The number of hydrogen-bond acceptors (Lipinski definition) is 6. The third kappa shape index (κ3) is 6.24. The molecule has 1 aromatic rings. The van der Waals surface area contributed by atoms with Gasteiger partial charge in [-0.15, -0.1) is 0 Å². The maximum absolute atomic E-state index is 12.6. The molecule has 0 aliphatic heterocycles. The first-order valence-electron chi connectivity index (χ1n) is 7.80. The molecular weight excluding hydrogens is 352 g/mol. The summed E-state index contributed by atoms with van der Waals surface area (Å²) in [7, 11) is 0. The summed E-state index contributed by atoms with van der Waals surface area (Å²) in [5.74, 6) is -2.75. The topological polar surface area (TPSA) is 181 Å². The number of hydrazone groups is 1. The van der Waals surface area contributed by atoms with Crippen molar-refractivity contribution in [2.75, 3.05) is 5.32 Å². The van der Waals surface area contributed by atoms with Crippen LogP contribution in [0.4, 0.5) is 10.5 Å². The lowest BCUT2D eigenvalue weighted by Crippen LogP contribution is -2.36. The smallest absolute Gasteiger partial charge is 0.332 e. The lowest BCUT2D eigenvalue weighted by Gasteiger charge is -2.21. The zero-order valence-electron chi connectivity index (χ0n) is 14.9. The third-order valence-electron chi connectivity index (χ3n) is 3.50.